The van der Waals surface area contributed by atoms with E-state index in [0.29, 0.717) is 12.0 Å². The summed E-state index contributed by atoms with van der Waals surface area (Å²) < 4.78 is 5.42. The molecule has 0 radical (unpaired) electrons. The molecule has 1 aliphatic heterocycles. The minimum Gasteiger partial charge on any atom is -0.453 e. The smallest absolute Gasteiger partial charge is 0.334 e. The van der Waals surface area contributed by atoms with Crippen LogP contribution in [-0.4, -0.2) is 28.6 Å². The summed E-state index contributed by atoms with van der Waals surface area (Å²) >= 11 is 0. The molecule has 4 atom stereocenters. The molecule has 0 spiro atoms. The molecule has 0 aromatic rings. The zero-order valence-electron chi connectivity index (χ0n) is 11.4. The van der Waals surface area contributed by atoms with E-state index in [4.69, 9.17) is 4.74 Å². The Kier molecular flexibility index (Phi) is 2.37. The van der Waals surface area contributed by atoms with Crippen molar-refractivity contribution in [3.05, 3.63) is 23.3 Å². The van der Waals surface area contributed by atoms with E-state index in [1.54, 1.807) is 19.9 Å². The minimum atomic E-state index is -1.23. The van der Waals surface area contributed by atoms with Gasteiger partial charge >= 0.3 is 5.97 Å². The van der Waals surface area contributed by atoms with Crippen molar-refractivity contribution in [2.75, 3.05) is 0 Å². The number of esters is 1. The molecule has 3 aliphatic rings. The number of rotatable bonds is 0. The first-order valence-electron chi connectivity index (χ1n) is 6.69. The summed E-state index contributed by atoms with van der Waals surface area (Å²) in [6.07, 6.45) is 3.83. The highest BCUT2D eigenvalue weighted by atomic mass is 16.6. The van der Waals surface area contributed by atoms with Crippen molar-refractivity contribution in [1.29, 1.82) is 0 Å². The largest absolute Gasteiger partial charge is 0.453 e. The second kappa shape index (κ2) is 3.57. The average Bonchev–Trinajstić information content (AvgIpc) is 2.76. The van der Waals surface area contributed by atoms with Crippen LogP contribution in [0.25, 0.3) is 0 Å². The molecule has 0 bridgehead atoms. The van der Waals surface area contributed by atoms with Gasteiger partial charge in [0, 0.05) is 5.57 Å². The van der Waals surface area contributed by atoms with Crippen molar-refractivity contribution < 1.29 is 19.4 Å². The number of ether oxygens (including phenoxy) is 1. The van der Waals surface area contributed by atoms with Crippen molar-refractivity contribution in [1.82, 2.24) is 0 Å². The van der Waals surface area contributed by atoms with Crippen molar-refractivity contribution in [2.45, 2.75) is 45.3 Å². The summed E-state index contributed by atoms with van der Waals surface area (Å²) in [5.74, 6) is -0.573. The van der Waals surface area contributed by atoms with Crippen LogP contribution in [0.4, 0.5) is 0 Å². The Labute approximate surface area is 112 Å². The van der Waals surface area contributed by atoms with E-state index < -0.39 is 17.1 Å². The number of carbonyl (C=O) groups excluding carboxylic acids is 2. The molecular formula is C15H18O4. The third-order valence-electron chi connectivity index (χ3n) is 5.28. The monoisotopic (exact) mass is 262 g/mol. The van der Waals surface area contributed by atoms with E-state index in [1.165, 1.54) is 6.08 Å². The maximum absolute atomic E-state index is 12.3. The molecule has 4 nitrogen and oxygen atoms in total. The molecule has 0 saturated heterocycles. The van der Waals surface area contributed by atoms with E-state index in [2.05, 4.69) is 0 Å². The number of aliphatic hydroxyl groups is 1. The first-order valence-corrected chi connectivity index (χ1v) is 6.69. The van der Waals surface area contributed by atoms with Crippen molar-refractivity contribution in [2.24, 2.45) is 11.3 Å². The Morgan fingerprint density at radius 2 is 2.11 bits per heavy atom. The second-order valence-electron chi connectivity index (χ2n) is 6.10. The van der Waals surface area contributed by atoms with Crippen LogP contribution in [0.2, 0.25) is 0 Å². The highest BCUT2D eigenvalue weighted by molar-refractivity contribution is 6.02. The van der Waals surface area contributed by atoms with Gasteiger partial charge in [-0.2, -0.15) is 0 Å². The zero-order valence-corrected chi connectivity index (χ0v) is 11.4. The molecular weight excluding hydrogens is 244 g/mol. The van der Waals surface area contributed by atoms with Gasteiger partial charge in [0.15, 0.2) is 5.78 Å². The van der Waals surface area contributed by atoms with Crippen LogP contribution < -0.4 is 0 Å². The van der Waals surface area contributed by atoms with Crippen molar-refractivity contribution in [3.8, 4) is 0 Å². The van der Waals surface area contributed by atoms with Gasteiger partial charge in [0.1, 0.15) is 17.1 Å². The highest BCUT2D eigenvalue weighted by Gasteiger charge is 2.64. The molecule has 1 fully saturated rings. The standard InChI is InChI=1S/C15H18O4/c1-8-4-5-10-9(2)13(17)19-12(10)14(3)11(16)6-7-15(8,14)18/h6-8,12,18H,4-5H2,1-3H3/t8-,12+,14-,15+/m0/s1. The first-order chi connectivity index (χ1) is 8.82. The number of fused-ring (bicyclic) bond motifs is 3. The van der Waals surface area contributed by atoms with Gasteiger partial charge in [-0.1, -0.05) is 6.92 Å². The molecule has 0 aromatic carbocycles. The Morgan fingerprint density at radius 3 is 2.79 bits per heavy atom. The fourth-order valence-corrected chi connectivity index (χ4v) is 3.73. The lowest BCUT2D eigenvalue weighted by atomic mass is 9.65. The fraction of sp³-hybridized carbons (Fsp3) is 0.600. The van der Waals surface area contributed by atoms with Crippen LogP contribution in [0, 0.1) is 11.3 Å². The third kappa shape index (κ3) is 1.27. The zero-order chi connectivity index (χ0) is 14.0. The van der Waals surface area contributed by atoms with E-state index in [9.17, 15) is 14.7 Å². The maximum Gasteiger partial charge on any atom is 0.334 e. The SMILES string of the molecule is CC1=C2CC[C@H](C)[C@]3(O)C=CC(=O)[C@@]3(C)[C@@H]2OC1=O. The van der Waals surface area contributed by atoms with Crippen LogP contribution in [-0.2, 0) is 14.3 Å². The van der Waals surface area contributed by atoms with Gasteiger partial charge in [-0.3, -0.25) is 4.79 Å². The van der Waals surface area contributed by atoms with Crippen molar-refractivity contribution >= 4 is 11.8 Å². The molecule has 0 unspecified atom stereocenters. The normalized spacial score (nSPS) is 45.1. The molecule has 4 heteroatoms. The van der Waals surface area contributed by atoms with E-state index in [1.807, 2.05) is 6.92 Å². The van der Waals surface area contributed by atoms with Crippen molar-refractivity contribution in [3.63, 3.8) is 0 Å². The quantitative estimate of drug-likeness (QED) is 0.672. The molecule has 0 aromatic heterocycles. The van der Waals surface area contributed by atoms with Crippen LogP contribution in [0.15, 0.2) is 23.3 Å². The summed E-state index contributed by atoms with van der Waals surface area (Å²) in [6.45, 7) is 5.40. The topological polar surface area (TPSA) is 63.6 Å². The highest BCUT2D eigenvalue weighted by Crippen LogP contribution is 2.55. The van der Waals surface area contributed by atoms with E-state index in [0.717, 1.165) is 12.0 Å². The molecule has 102 valence electrons. The Morgan fingerprint density at radius 1 is 1.42 bits per heavy atom. The molecule has 3 rings (SSSR count). The summed E-state index contributed by atoms with van der Waals surface area (Å²) in [5.41, 5.74) is -0.845. The third-order valence-corrected chi connectivity index (χ3v) is 5.28. The number of hydrogen-bond acceptors (Lipinski definition) is 4. The van der Waals surface area contributed by atoms with Gasteiger partial charge in [-0.05, 0) is 50.3 Å². The molecule has 2 aliphatic carbocycles. The predicted molar refractivity (Wildman–Crippen MR) is 68.2 cm³/mol. The van der Waals surface area contributed by atoms with Gasteiger partial charge in [-0.25, -0.2) is 4.79 Å². The Balaban J connectivity index is 2.21. The number of carbonyl (C=O) groups is 2. The first kappa shape index (κ1) is 12.6. The molecule has 1 heterocycles. The fourth-order valence-electron chi connectivity index (χ4n) is 3.73. The Bertz CT molecular complexity index is 544. The lowest BCUT2D eigenvalue weighted by Gasteiger charge is -2.42. The van der Waals surface area contributed by atoms with Crippen LogP contribution >= 0.6 is 0 Å². The van der Waals surface area contributed by atoms with Gasteiger partial charge in [0.2, 0.25) is 0 Å². The second-order valence-corrected chi connectivity index (χ2v) is 6.10. The predicted octanol–water partition coefficient (Wildman–Crippen LogP) is 1.53. The summed E-state index contributed by atoms with van der Waals surface area (Å²) in [6, 6.07) is 0. The lowest BCUT2D eigenvalue weighted by Crippen LogP contribution is -2.56. The maximum atomic E-state index is 12.3. The van der Waals surface area contributed by atoms with E-state index in [-0.39, 0.29) is 17.7 Å². The summed E-state index contributed by atoms with van der Waals surface area (Å²) in [5, 5.41) is 11.0. The van der Waals surface area contributed by atoms with Crippen LogP contribution in [0.5, 0.6) is 0 Å². The number of hydrogen-bond donors (Lipinski definition) is 1. The van der Waals surface area contributed by atoms with E-state index >= 15 is 0 Å². The minimum absolute atomic E-state index is 0.0511. The van der Waals surface area contributed by atoms with Gasteiger partial charge < -0.3 is 9.84 Å². The van der Waals surface area contributed by atoms with Crippen LogP contribution in [0.1, 0.15) is 33.6 Å². The van der Waals surface area contributed by atoms with Crippen LogP contribution in [0.3, 0.4) is 0 Å². The lowest BCUT2D eigenvalue weighted by molar-refractivity contribution is -0.162. The molecule has 1 N–H and O–H groups in total. The van der Waals surface area contributed by atoms with Gasteiger partial charge in [0.05, 0.1) is 0 Å². The number of allylic oxidation sites excluding steroid dienone is 1. The summed E-state index contributed by atoms with van der Waals surface area (Å²) in [7, 11) is 0. The average molecular weight is 262 g/mol. The molecule has 0 amide bonds. The van der Waals surface area contributed by atoms with Gasteiger partial charge in [-0.15, -0.1) is 0 Å². The Hall–Kier alpha value is -1.42. The molecule has 1 saturated carbocycles. The van der Waals surface area contributed by atoms with Gasteiger partial charge in [0.25, 0.3) is 0 Å². The number of ketones is 1. The molecule has 19 heavy (non-hydrogen) atoms. The summed E-state index contributed by atoms with van der Waals surface area (Å²) in [4.78, 5) is 24.1.